The molecule has 0 aliphatic carbocycles. The SMILES string of the molecule is COc1ccc(CNC(=O)[C@@H](c2ccco2)N(CCc2ccccc2)C(=O)Cc2cccs2)cc1. The van der Waals surface area contributed by atoms with E-state index in [1.54, 1.807) is 24.1 Å². The van der Waals surface area contributed by atoms with Gasteiger partial charge in [-0.15, -0.1) is 11.3 Å². The van der Waals surface area contributed by atoms with E-state index in [0.717, 1.165) is 21.8 Å². The Morgan fingerprint density at radius 1 is 0.971 bits per heavy atom. The molecule has 4 rings (SSSR count). The first-order valence-electron chi connectivity index (χ1n) is 11.4. The third-order valence-electron chi connectivity index (χ3n) is 5.71. The molecule has 0 spiro atoms. The van der Waals surface area contributed by atoms with Gasteiger partial charge in [-0.2, -0.15) is 0 Å². The van der Waals surface area contributed by atoms with Gasteiger partial charge < -0.3 is 19.4 Å². The monoisotopic (exact) mass is 488 g/mol. The molecular formula is C28H28N2O4S. The molecule has 0 saturated heterocycles. The fourth-order valence-corrected chi connectivity index (χ4v) is 4.55. The number of hydrogen-bond donors (Lipinski definition) is 1. The fraction of sp³-hybridized carbons (Fsp3) is 0.214. The Morgan fingerprint density at radius 3 is 2.43 bits per heavy atom. The number of furan rings is 1. The number of thiophene rings is 1. The summed E-state index contributed by atoms with van der Waals surface area (Å²) in [5, 5.41) is 4.93. The van der Waals surface area contributed by atoms with E-state index in [1.165, 1.54) is 17.6 Å². The normalized spacial score (nSPS) is 11.6. The van der Waals surface area contributed by atoms with Crippen molar-refractivity contribution in [3.63, 3.8) is 0 Å². The van der Waals surface area contributed by atoms with Crippen LogP contribution in [-0.4, -0.2) is 30.4 Å². The number of carbonyl (C=O) groups is 2. The molecule has 2 heterocycles. The van der Waals surface area contributed by atoms with Crippen LogP contribution < -0.4 is 10.1 Å². The minimum absolute atomic E-state index is 0.121. The second-order valence-corrected chi connectivity index (χ2v) is 9.09. The van der Waals surface area contributed by atoms with E-state index < -0.39 is 6.04 Å². The number of benzene rings is 2. The zero-order valence-corrected chi connectivity index (χ0v) is 20.4. The summed E-state index contributed by atoms with van der Waals surface area (Å²) < 4.78 is 10.9. The molecule has 35 heavy (non-hydrogen) atoms. The van der Waals surface area contributed by atoms with Crippen LogP contribution in [0.15, 0.2) is 94.9 Å². The van der Waals surface area contributed by atoms with E-state index in [1.807, 2.05) is 72.1 Å². The third kappa shape index (κ3) is 6.61. The molecule has 6 nitrogen and oxygen atoms in total. The number of hydrogen-bond acceptors (Lipinski definition) is 5. The summed E-state index contributed by atoms with van der Waals surface area (Å²) in [7, 11) is 1.61. The summed E-state index contributed by atoms with van der Waals surface area (Å²) in [6.07, 6.45) is 2.38. The highest BCUT2D eigenvalue weighted by Crippen LogP contribution is 2.25. The van der Waals surface area contributed by atoms with Crippen LogP contribution in [0.2, 0.25) is 0 Å². The van der Waals surface area contributed by atoms with Crippen LogP contribution in [-0.2, 0) is 29.0 Å². The van der Waals surface area contributed by atoms with Crippen molar-refractivity contribution < 1.29 is 18.7 Å². The predicted octanol–water partition coefficient (Wildman–Crippen LogP) is 5.02. The van der Waals surface area contributed by atoms with Gasteiger partial charge in [0.2, 0.25) is 5.91 Å². The van der Waals surface area contributed by atoms with E-state index in [9.17, 15) is 9.59 Å². The lowest BCUT2D eigenvalue weighted by molar-refractivity contribution is -0.141. The van der Waals surface area contributed by atoms with E-state index in [4.69, 9.17) is 9.15 Å². The molecule has 7 heteroatoms. The molecule has 2 amide bonds. The number of amides is 2. The molecule has 0 bridgehead atoms. The summed E-state index contributed by atoms with van der Waals surface area (Å²) in [6, 6.07) is 23.9. The summed E-state index contributed by atoms with van der Waals surface area (Å²) in [4.78, 5) is 29.6. The maximum atomic E-state index is 13.5. The molecule has 0 aliphatic rings. The number of ether oxygens (including phenoxy) is 1. The Morgan fingerprint density at radius 2 is 1.77 bits per heavy atom. The van der Waals surface area contributed by atoms with E-state index >= 15 is 0 Å². The van der Waals surface area contributed by atoms with Gasteiger partial charge in [-0.3, -0.25) is 9.59 Å². The van der Waals surface area contributed by atoms with Crippen molar-refractivity contribution in [1.29, 1.82) is 0 Å². The molecule has 1 atom stereocenters. The maximum Gasteiger partial charge on any atom is 0.251 e. The van der Waals surface area contributed by atoms with Crippen molar-refractivity contribution in [2.75, 3.05) is 13.7 Å². The summed E-state index contributed by atoms with van der Waals surface area (Å²) >= 11 is 1.53. The summed E-state index contributed by atoms with van der Waals surface area (Å²) in [6.45, 7) is 0.710. The van der Waals surface area contributed by atoms with Gasteiger partial charge in [-0.1, -0.05) is 48.5 Å². The highest BCUT2D eigenvalue weighted by atomic mass is 32.1. The first-order chi connectivity index (χ1) is 17.1. The van der Waals surface area contributed by atoms with Gasteiger partial charge in [0.25, 0.3) is 5.91 Å². The Labute approximate surface area is 209 Å². The van der Waals surface area contributed by atoms with Crippen molar-refractivity contribution in [3.05, 3.63) is 112 Å². The minimum atomic E-state index is -0.876. The highest BCUT2D eigenvalue weighted by molar-refractivity contribution is 7.10. The molecule has 1 N–H and O–H groups in total. The quantitative estimate of drug-likeness (QED) is 0.322. The van der Waals surface area contributed by atoms with Crippen LogP contribution >= 0.6 is 11.3 Å². The second-order valence-electron chi connectivity index (χ2n) is 8.06. The molecule has 0 saturated carbocycles. The van der Waals surface area contributed by atoms with Crippen LogP contribution in [0.1, 0.15) is 27.8 Å². The van der Waals surface area contributed by atoms with Crippen LogP contribution in [0.25, 0.3) is 0 Å². The standard InChI is InChI=1S/C28H28N2O4S/c1-33-23-13-11-22(12-14-23)20-29-28(32)27(25-10-5-17-34-25)30(16-15-21-7-3-2-4-8-21)26(31)19-24-9-6-18-35-24/h2-14,17-18,27H,15-16,19-20H2,1H3,(H,29,32)/t27-/m1/s1. The zero-order chi connectivity index (χ0) is 24.5. The molecule has 2 aromatic carbocycles. The third-order valence-corrected chi connectivity index (χ3v) is 6.58. The lowest BCUT2D eigenvalue weighted by Crippen LogP contribution is -2.45. The van der Waals surface area contributed by atoms with Crippen molar-refractivity contribution in [3.8, 4) is 5.75 Å². The average molecular weight is 489 g/mol. The number of methoxy groups -OCH3 is 1. The molecule has 4 aromatic rings. The Hall–Kier alpha value is -3.84. The minimum Gasteiger partial charge on any atom is -0.497 e. The summed E-state index contributed by atoms with van der Waals surface area (Å²) in [5.74, 6) is 0.775. The number of nitrogens with one attached hydrogen (secondary N) is 1. The molecule has 0 unspecified atom stereocenters. The van der Waals surface area contributed by atoms with Gasteiger partial charge in [0.05, 0.1) is 19.8 Å². The maximum absolute atomic E-state index is 13.5. The Bertz CT molecular complexity index is 1190. The Balaban J connectivity index is 1.56. The van der Waals surface area contributed by atoms with Crippen LogP contribution in [0, 0.1) is 0 Å². The summed E-state index contributed by atoms with van der Waals surface area (Å²) in [5.41, 5.74) is 2.02. The first kappa shape index (κ1) is 24.3. The van der Waals surface area contributed by atoms with Crippen LogP contribution in [0.5, 0.6) is 5.75 Å². The zero-order valence-electron chi connectivity index (χ0n) is 19.6. The predicted molar refractivity (Wildman–Crippen MR) is 136 cm³/mol. The molecular weight excluding hydrogens is 460 g/mol. The van der Waals surface area contributed by atoms with Gasteiger partial charge in [0.1, 0.15) is 11.5 Å². The van der Waals surface area contributed by atoms with Crippen molar-refractivity contribution in [2.45, 2.75) is 25.4 Å². The highest BCUT2D eigenvalue weighted by Gasteiger charge is 2.33. The van der Waals surface area contributed by atoms with E-state index in [2.05, 4.69) is 5.32 Å². The van der Waals surface area contributed by atoms with Crippen molar-refractivity contribution in [1.82, 2.24) is 10.2 Å². The second kappa shape index (κ2) is 12.0. The lowest BCUT2D eigenvalue weighted by Gasteiger charge is -2.30. The average Bonchev–Trinajstić information content (AvgIpc) is 3.61. The Kier molecular flexibility index (Phi) is 8.35. The van der Waals surface area contributed by atoms with Gasteiger partial charge in [-0.05, 0) is 53.3 Å². The van der Waals surface area contributed by atoms with Crippen molar-refractivity contribution >= 4 is 23.2 Å². The number of nitrogens with zero attached hydrogens (tertiary/aromatic N) is 1. The first-order valence-corrected chi connectivity index (χ1v) is 12.3. The van der Waals surface area contributed by atoms with E-state index in [-0.39, 0.29) is 18.2 Å². The fourth-order valence-electron chi connectivity index (χ4n) is 3.86. The molecule has 0 aliphatic heterocycles. The van der Waals surface area contributed by atoms with Crippen LogP contribution in [0.3, 0.4) is 0 Å². The molecule has 2 aromatic heterocycles. The number of rotatable bonds is 11. The van der Waals surface area contributed by atoms with E-state index in [0.29, 0.717) is 25.3 Å². The number of carbonyl (C=O) groups excluding carboxylic acids is 2. The van der Waals surface area contributed by atoms with Gasteiger partial charge in [-0.25, -0.2) is 0 Å². The smallest absolute Gasteiger partial charge is 0.251 e. The largest absolute Gasteiger partial charge is 0.497 e. The lowest BCUT2D eigenvalue weighted by atomic mass is 10.1. The van der Waals surface area contributed by atoms with Gasteiger partial charge >= 0.3 is 0 Å². The van der Waals surface area contributed by atoms with Crippen molar-refractivity contribution in [2.24, 2.45) is 0 Å². The molecule has 0 fully saturated rings. The molecule has 0 radical (unpaired) electrons. The topological polar surface area (TPSA) is 71.8 Å². The van der Waals surface area contributed by atoms with Crippen LogP contribution in [0.4, 0.5) is 0 Å². The van der Waals surface area contributed by atoms with Gasteiger partial charge in [0.15, 0.2) is 6.04 Å². The van der Waals surface area contributed by atoms with Gasteiger partial charge in [0, 0.05) is 18.0 Å². The molecule has 180 valence electrons.